The van der Waals surface area contributed by atoms with Gasteiger partial charge in [0.25, 0.3) is 0 Å². The van der Waals surface area contributed by atoms with Crippen LogP contribution in [0.3, 0.4) is 0 Å². The van der Waals surface area contributed by atoms with E-state index in [-0.39, 0.29) is 63.1 Å². The highest BCUT2D eigenvalue weighted by atomic mass is 16.5. The summed E-state index contributed by atoms with van der Waals surface area (Å²) in [5.41, 5.74) is 2.02. The molecule has 3 atom stereocenters. The molecule has 216 valence electrons. The number of esters is 1. The van der Waals surface area contributed by atoms with Crippen LogP contribution >= 0.6 is 0 Å². The van der Waals surface area contributed by atoms with Gasteiger partial charge in [-0.2, -0.15) is 0 Å². The first-order valence-corrected chi connectivity index (χ1v) is 13.7. The van der Waals surface area contributed by atoms with E-state index in [4.69, 9.17) is 14.6 Å². The average Bonchev–Trinajstić information content (AvgIpc) is 2.96. The fourth-order valence-electron chi connectivity index (χ4n) is 4.24. The zero-order valence-corrected chi connectivity index (χ0v) is 23.1. The van der Waals surface area contributed by atoms with E-state index >= 15 is 0 Å². The molecule has 0 heterocycles. The van der Waals surface area contributed by atoms with Crippen LogP contribution in [0, 0.1) is 11.8 Å². The minimum Gasteiger partial charge on any atom is -0.463 e. The minimum atomic E-state index is -0.628. The third-order valence-corrected chi connectivity index (χ3v) is 6.27. The number of amides is 2. The lowest BCUT2D eigenvalue weighted by atomic mass is 9.96. The number of allylic oxidation sites excluding steroid dienone is 2. The first-order valence-electron chi connectivity index (χ1n) is 13.7. The van der Waals surface area contributed by atoms with Crippen molar-refractivity contribution in [3.63, 3.8) is 0 Å². The maximum Gasteiger partial charge on any atom is 0.309 e. The van der Waals surface area contributed by atoms with Gasteiger partial charge in [0, 0.05) is 13.0 Å². The predicted molar refractivity (Wildman–Crippen MR) is 155 cm³/mol. The molecular formula is C32H42N2O6. The molecule has 0 spiro atoms. The lowest BCUT2D eigenvalue weighted by Crippen LogP contribution is -2.44. The van der Waals surface area contributed by atoms with Crippen molar-refractivity contribution < 1.29 is 29.0 Å². The Labute approximate surface area is 237 Å². The standard InChI is InChI=1S/C32H42N2O6/c1-3-11-27(23-30(36)33-17-19-39-20-18-35)31(37)34-29(22-26-15-9-6-10-16-26)24-40-32(38)28(12-4-2)21-25-13-7-5-8-14-25/h3-10,13-16,27-29,35H,1-2,11-12,17-24H2,(H,33,36)(H,34,37)/t27-,28+,29+/m1/s1. The van der Waals surface area contributed by atoms with Gasteiger partial charge in [-0.3, -0.25) is 14.4 Å². The summed E-state index contributed by atoms with van der Waals surface area (Å²) in [4.78, 5) is 38.8. The number of hydrogen-bond acceptors (Lipinski definition) is 6. The molecule has 0 saturated heterocycles. The monoisotopic (exact) mass is 550 g/mol. The van der Waals surface area contributed by atoms with Gasteiger partial charge in [0.2, 0.25) is 11.8 Å². The quantitative estimate of drug-likeness (QED) is 0.132. The van der Waals surface area contributed by atoms with Crippen molar-refractivity contribution in [1.82, 2.24) is 10.6 Å². The van der Waals surface area contributed by atoms with Gasteiger partial charge in [-0.1, -0.05) is 72.8 Å². The largest absolute Gasteiger partial charge is 0.463 e. The maximum absolute atomic E-state index is 13.3. The molecule has 0 aromatic heterocycles. The Morgan fingerprint density at radius 3 is 2.05 bits per heavy atom. The number of benzene rings is 2. The molecule has 8 nitrogen and oxygen atoms in total. The second-order valence-electron chi connectivity index (χ2n) is 9.55. The summed E-state index contributed by atoms with van der Waals surface area (Å²) in [5, 5.41) is 14.5. The predicted octanol–water partition coefficient (Wildman–Crippen LogP) is 3.40. The molecule has 2 rings (SSSR count). The Bertz CT molecular complexity index is 1040. The van der Waals surface area contributed by atoms with Crippen LogP contribution in [0.1, 0.15) is 30.4 Å². The van der Waals surface area contributed by atoms with Crippen LogP contribution in [0.15, 0.2) is 86.0 Å². The summed E-state index contributed by atoms with van der Waals surface area (Å²) in [7, 11) is 0. The van der Waals surface area contributed by atoms with Crippen LogP contribution in [0.4, 0.5) is 0 Å². The van der Waals surface area contributed by atoms with E-state index in [9.17, 15) is 14.4 Å². The molecule has 0 aliphatic carbocycles. The summed E-state index contributed by atoms with van der Waals surface area (Å²) in [6.45, 7) is 8.18. The number of carbonyl (C=O) groups is 3. The summed E-state index contributed by atoms with van der Waals surface area (Å²) in [6, 6.07) is 18.9. The van der Waals surface area contributed by atoms with Gasteiger partial charge < -0.3 is 25.2 Å². The fraction of sp³-hybridized carbons (Fsp3) is 0.406. The summed E-state index contributed by atoms with van der Waals surface area (Å²) in [6.07, 6.45) is 5.08. The van der Waals surface area contributed by atoms with E-state index < -0.39 is 12.0 Å². The lowest BCUT2D eigenvalue weighted by molar-refractivity contribution is -0.149. The van der Waals surface area contributed by atoms with E-state index in [1.807, 2.05) is 60.7 Å². The Morgan fingerprint density at radius 2 is 1.45 bits per heavy atom. The van der Waals surface area contributed by atoms with Crippen LogP contribution in [-0.4, -0.2) is 61.9 Å². The van der Waals surface area contributed by atoms with E-state index in [1.165, 1.54) is 0 Å². The Morgan fingerprint density at radius 1 is 0.850 bits per heavy atom. The average molecular weight is 551 g/mol. The van der Waals surface area contributed by atoms with Crippen molar-refractivity contribution in [2.75, 3.05) is 33.0 Å². The lowest BCUT2D eigenvalue weighted by Gasteiger charge is -2.23. The fourth-order valence-corrected chi connectivity index (χ4v) is 4.24. The van der Waals surface area contributed by atoms with Crippen LogP contribution in [0.2, 0.25) is 0 Å². The maximum atomic E-state index is 13.3. The molecule has 0 saturated carbocycles. The molecule has 0 radical (unpaired) electrons. The van der Waals surface area contributed by atoms with E-state index in [2.05, 4.69) is 23.8 Å². The normalized spacial score (nSPS) is 12.9. The first-order chi connectivity index (χ1) is 19.5. The number of aliphatic hydroxyl groups excluding tert-OH is 1. The van der Waals surface area contributed by atoms with Crippen molar-refractivity contribution in [2.45, 2.75) is 38.1 Å². The molecule has 40 heavy (non-hydrogen) atoms. The second kappa shape index (κ2) is 19.3. The Hall–Kier alpha value is -3.75. The molecule has 0 fully saturated rings. The SMILES string of the molecule is C=CC[C@H](CC(=O)NCCOCCO)C(=O)N[C@H](COC(=O)[C@@H](CC=C)Cc1ccccc1)Cc1ccccc1. The highest BCUT2D eigenvalue weighted by molar-refractivity contribution is 5.86. The van der Waals surface area contributed by atoms with E-state index in [0.29, 0.717) is 25.7 Å². The van der Waals surface area contributed by atoms with Crippen molar-refractivity contribution >= 4 is 17.8 Å². The van der Waals surface area contributed by atoms with Crippen molar-refractivity contribution in [2.24, 2.45) is 11.8 Å². The van der Waals surface area contributed by atoms with Crippen LogP contribution in [0.5, 0.6) is 0 Å². The topological polar surface area (TPSA) is 114 Å². The van der Waals surface area contributed by atoms with Gasteiger partial charge in [-0.05, 0) is 36.8 Å². The zero-order valence-electron chi connectivity index (χ0n) is 23.1. The molecule has 0 aliphatic rings. The third-order valence-electron chi connectivity index (χ3n) is 6.27. The van der Waals surface area contributed by atoms with Crippen LogP contribution < -0.4 is 10.6 Å². The number of rotatable bonds is 20. The molecule has 0 aliphatic heterocycles. The van der Waals surface area contributed by atoms with Gasteiger partial charge in [0.15, 0.2) is 0 Å². The number of carbonyl (C=O) groups excluding carboxylic acids is 3. The Balaban J connectivity index is 2.03. The van der Waals surface area contributed by atoms with Gasteiger partial charge in [-0.25, -0.2) is 0 Å². The molecule has 2 amide bonds. The molecule has 0 unspecified atom stereocenters. The van der Waals surface area contributed by atoms with Crippen molar-refractivity contribution in [3.05, 3.63) is 97.1 Å². The highest BCUT2D eigenvalue weighted by Crippen LogP contribution is 2.16. The number of hydrogen-bond donors (Lipinski definition) is 3. The van der Waals surface area contributed by atoms with E-state index in [1.54, 1.807) is 12.2 Å². The molecular weight excluding hydrogens is 508 g/mol. The molecule has 8 heteroatoms. The highest BCUT2D eigenvalue weighted by Gasteiger charge is 2.26. The summed E-state index contributed by atoms with van der Waals surface area (Å²) >= 11 is 0. The third kappa shape index (κ3) is 12.9. The summed E-state index contributed by atoms with van der Waals surface area (Å²) in [5.74, 6) is -1.95. The minimum absolute atomic E-state index is 0.00288. The van der Waals surface area contributed by atoms with Gasteiger partial charge in [-0.15, -0.1) is 13.2 Å². The number of ether oxygens (including phenoxy) is 2. The smallest absolute Gasteiger partial charge is 0.309 e. The van der Waals surface area contributed by atoms with E-state index in [0.717, 1.165) is 11.1 Å². The first kappa shape index (κ1) is 32.5. The second-order valence-corrected chi connectivity index (χ2v) is 9.55. The van der Waals surface area contributed by atoms with Crippen molar-refractivity contribution in [3.8, 4) is 0 Å². The van der Waals surface area contributed by atoms with Gasteiger partial charge >= 0.3 is 5.97 Å². The van der Waals surface area contributed by atoms with Crippen LogP contribution in [-0.2, 0) is 36.7 Å². The van der Waals surface area contributed by atoms with Gasteiger partial charge in [0.1, 0.15) is 6.61 Å². The van der Waals surface area contributed by atoms with Crippen molar-refractivity contribution in [1.29, 1.82) is 0 Å². The zero-order chi connectivity index (χ0) is 29.0. The molecule has 2 aromatic rings. The molecule has 3 N–H and O–H groups in total. The van der Waals surface area contributed by atoms with Gasteiger partial charge in [0.05, 0.1) is 37.7 Å². The summed E-state index contributed by atoms with van der Waals surface area (Å²) < 4.78 is 10.9. The Kier molecular flexibility index (Phi) is 15.7. The molecule has 0 bridgehead atoms. The number of nitrogens with one attached hydrogen (secondary N) is 2. The van der Waals surface area contributed by atoms with Crippen LogP contribution in [0.25, 0.3) is 0 Å². The number of aliphatic hydroxyl groups is 1. The molecule has 2 aromatic carbocycles.